The number of aliphatic imine (C=N–C) groups is 1. The highest BCUT2D eigenvalue weighted by molar-refractivity contribution is 6.13. The molecule has 2 aromatic rings. The van der Waals surface area contributed by atoms with Gasteiger partial charge in [-0.25, -0.2) is 0 Å². The Morgan fingerprint density at radius 3 is 2.00 bits per heavy atom. The Morgan fingerprint density at radius 2 is 1.55 bits per heavy atom. The zero-order valence-corrected chi connectivity index (χ0v) is 12.3. The number of nitrogens with zero attached hydrogens (tertiary/aromatic N) is 2. The molecule has 3 heteroatoms. The lowest BCUT2D eigenvalue weighted by atomic mass is 10.0. The number of hydrogen-bond acceptors (Lipinski definition) is 3. The summed E-state index contributed by atoms with van der Waals surface area (Å²) < 4.78 is 0. The molecule has 0 aromatic heterocycles. The van der Waals surface area contributed by atoms with Crippen LogP contribution in [0.5, 0.6) is 0 Å². The summed E-state index contributed by atoms with van der Waals surface area (Å²) >= 11 is 0. The summed E-state index contributed by atoms with van der Waals surface area (Å²) in [4.78, 5) is 4.63. The van der Waals surface area contributed by atoms with Crippen LogP contribution in [-0.2, 0) is 0 Å². The third-order valence-electron chi connectivity index (χ3n) is 3.16. The van der Waals surface area contributed by atoms with E-state index in [-0.39, 0.29) is 6.61 Å². The van der Waals surface area contributed by atoms with Crippen molar-refractivity contribution in [3.05, 3.63) is 83.9 Å². The molecule has 0 spiro atoms. The van der Waals surface area contributed by atoms with Crippen LogP contribution in [0.25, 0.3) is 0 Å². The van der Waals surface area contributed by atoms with Crippen LogP contribution >= 0.6 is 0 Å². The summed E-state index contributed by atoms with van der Waals surface area (Å²) in [5.74, 6) is 0. The average Bonchev–Trinajstić information content (AvgIpc) is 2.59. The van der Waals surface area contributed by atoms with Gasteiger partial charge in [-0.1, -0.05) is 72.8 Å². The molecule has 0 fully saturated rings. The van der Waals surface area contributed by atoms with Crippen molar-refractivity contribution in [2.45, 2.75) is 12.5 Å². The molecule has 0 heterocycles. The Hall–Kier alpha value is -2.70. The molecule has 110 valence electrons. The van der Waals surface area contributed by atoms with Gasteiger partial charge in [0.15, 0.2) is 0 Å². The van der Waals surface area contributed by atoms with Gasteiger partial charge in [0.25, 0.3) is 0 Å². The van der Waals surface area contributed by atoms with Crippen LogP contribution in [0, 0.1) is 11.3 Å². The monoisotopic (exact) mass is 290 g/mol. The van der Waals surface area contributed by atoms with Crippen molar-refractivity contribution in [1.29, 1.82) is 5.26 Å². The quantitative estimate of drug-likeness (QED) is 0.655. The van der Waals surface area contributed by atoms with Gasteiger partial charge in [0.05, 0.1) is 18.4 Å². The van der Waals surface area contributed by atoms with Gasteiger partial charge in [0, 0.05) is 17.5 Å². The number of rotatable bonds is 6. The minimum Gasteiger partial charge on any atom is -0.392 e. The van der Waals surface area contributed by atoms with Gasteiger partial charge < -0.3 is 5.11 Å². The summed E-state index contributed by atoms with van der Waals surface area (Å²) in [6.07, 6.45) is 3.90. The zero-order valence-electron chi connectivity index (χ0n) is 12.3. The number of aliphatic hydroxyl groups is 1. The highest BCUT2D eigenvalue weighted by atomic mass is 16.2. The third-order valence-corrected chi connectivity index (χ3v) is 3.16. The van der Waals surface area contributed by atoms with E-state index in [0.29, 0.717) is 6.42 Å². The second-order valence-corrected chi connectivity index (χ2v) is 4.74. The van der Waals surface area contributed by atoms with Crippen molar-refractivity contribution in [2.24, 2.45) is 4.99 Å². The van der Waals surface area contributed by atoms with E-state index < -0.39 is 6.04 Å². The van der Waals surface area contributed by atoms with E-state index in [0.717, 1.165) is 16.8 Å². The lowest BCUT2D eigenvalue weighted by Gasteiger charge is -2.09. The minimum atomic E-state index is -0.474. The summed E-state index contributed by atoms with van der Waals surface area (Å²) in [6.45, 7) is -0.0217. The van der Waals surface area contributed by atoms with Crippen LogP contribution < -0.4 is 0 Å². The van der Waals surface area contributed by atoms with Crippen molar-refractivity contribution in [3.63, 3.8) is 0 Å². The van der Waals surface area contributed by atoms with Crippen molar-refractivity contribution in [2.75, 3.05) is 6.61 Å². The fourth-order valence-electron chi connectivity index (χ4n) is 2.10. The first-order chi connectivity index (χ1) is 10.8. The number of aliphatic hydroxyl groups excluding tert-OH is 1. The van der Waals surface area contributed by atoms with Gasteiger partial charge in [-0.3, -0.25) is 4.99 Å². The highest BCUT2D eigenvalue weighted by Gasteiger charge is 2.10. The molecule has 0 radical (unpaired) electrons. The van der Waals surface area contributed by atoms with E-state index in [1.165, 1.54) is 0 Å². The first kappa shape index (κ1) is 15.7. The second-order valence-electron chi connectivity index (χ2n) is 4.74. The molecule has 1 atom stereocenters. The number of benzene rings is 2. The minimum absolute atomic E-state index is 0.0217. The van der Waals surface area contributed by atoms with Crippen LogP contribution in [-0.4, -0.2) is 23.5 Å². The molecule has 0 saturated carbocycles. The lowest BCUT2D eigenvalue weighted by molar-refractivity contribution is 0.342. The number of nitriles is 1. The fraction of sp³-hybridized carbons (Fsp3) is 0.158. The van der Waals surface area contributed by atoms with Gasteiger partial charge in [-0.05, 0) is 0 Å². The molecule has 0 aliphatic rings. The smallest absolute Gasteiger partial charge is 0.140 e. The van der Waals surface area contributed by atoms with Crippen LogP contribution in [0.3, 0.4) is 0 Å². The van der Waals surface area contributed by atoms with Gasteiger partial charge in [-0.15, -0.1) is 0 Å². The summed E-state index contributed by atoms with van der Waals surface area (Å²) in [5, 5.41) is 18.1. The van der Waals surface area contributed by atoms with Gasteiger partial charge in [-0.2, -0.15) is 5.26 Å². The SMILES string of the molecule is N#CC(C/C=C\CO)N=C(c1ccccc1)c1ccccc1. The molecule has 2 aromatic carbocycles. The van der Waals surface area contributed by atoms with Crippen molar-refractivity contribution in [3.8, 4) is 6.07 Å². The lowest BCUT2D eigenvalue weighted by Crippen LogP contribution is -2.09. The Kier molecular flexibility index (Phi) is 6.10. The zero-order chi connectivity index (χ0) is 15.6. The second kappa shape index (κ2) is 8.56. The molecule has 0 saturated heterocycles. The summed E-state index contributed by atoms with van der Waals surface area (Å²) in [6, 6.07) is 21.4. The van der Waals surface area contributed by atoms with Crippen LogP contribution in [0.4, 0.5) is 0 Å². The summed E-state index contributed by atoms with van der Waals surface area (Å²) in [5.41, 5.74) is 2.78. The van der Waals surface area contributed by atoms with Crippen LogP contribution in [0.2, 0.25) is 0 Å². The molecule has 1 N–H and O–H groups in total. The van der Waals surface area contributed by atoms with Gasteiger partial charge in [0.1, 0.15) is 6.04 Å². The Balaban J connectivity index is 2.38. The first-order valence-electron chi connectivity index (χ1n) is 7.19. The van der Waals surface area contributed by atoms with E-state index in [1.54, 1.807) is 12.2 Å². The van der Waals surface area contributed by atoms with Crippen LogP contribution in [0.1, 0.15) is 17.5 Å². The molecule has 0 bridgehead atoms. The maximum Gasteiger partial charge on any atom is 0.140 e. The van der Waals surface area contributed by atoms with Crippen molar-refractivity contribution < 1.29 is 5.11 Å². The van der Waals surface area contributed by atoms with E-state index in [4.69, 9.17) is 5.11 Å². The Labute approximate surface area is 130 Å². The molecular weight excluding hydrogens is 272 g/mol. The van der Waals surface area contributed by atoms with Crippen molar-refractivity contribution in [1.82, 2.24) is 0 Å². The van der Waals surface area contributed by atoms with Crippen molar-refractivity contribution >= 4 is 5.71 Å². The van der Waals surface area contributed by atoms with Gasteiger partial charge >= 0.3 is 0 Å². The average molecular weight is 290 g/mol. The third kappa shape index (κ3) is 4.41. The molecule has 3 nitrogen and oxygen atoms in total. The molecular formula is C19H18N2O. The van der Waals surface area contributed by atoms with E-state index in [2.05, 4.69) is 11.1 Å². The normalized spacial score (nSPS) is 11.8. The largest absolute Gasteiger partial charge is 0.392 e. The van der Waals surface area contributed by atoms with Crippen LogP contribution in [0.15, 0.2) is 77.8 Å². The number of hydrogen-bond donors (Lipinski definition) is 1. The van der Waals surface area contributed by atoms with E-state index >= 15 is 0 Å². The first-order valence-corrected chi connectivity index (χ1v) is 7.19. The molecule has 22 heavy (non-hydrogen) atoms. The molecule has 1 unspecified atom stereocenters. The highest BCUT2D eigenvalue weighted by Crippen LogP contribution is 2.13. The Morgan fingerprint density at radius 1 is 1.00 bits per heavy atom. The van der Waals surface area contributed by atoms with Gasteiger partial charge in [0.2, 0.25) is 0 Å². The summed E-state index contributed by atoms with van der Waals surface area (Å²) in [7, 11) is 0. The van der Waals surface area contributed by atoms with E-state index in [1.807, 2.05) is 60.7 Å². The topological polar surface area (TPSA) is 56.4 Å². The fourth-order valence-corrected chi connectivity index (χ4v) is 2.10. The Bertz CT molecular complexity index is 628. The molecule has 0 aliphatic heterocycles. The standard InChI is InChI=1S/C19H18N2O/c20-15-18(13-7-8-14-22)21-19(16-9-3-1-4-10-16)17-11-5-2-6-12-17/h1-12,18,22H,13-14H2/b8-7-. The maximum atomic E-state index is 9.31. The maximum absolute atomic E-state index is 9.31. The predicted octanol–water partition coefficient (Wildman–Crippen LogP) is 3.35. The van der Waals surface area contributed by atoms with E-state index in [9.17, 15) is 5.26 Å². The molecule has 0 aliphatic carbocycles. The molecule has 2 rings (SSSR count). The molecule has 0 amide bonds. The predicted molar refractivity (Wildman–Crippen MR) is 88.8 cm³/mol.